The monoisotopic (exact) mass is 704 g/mol. The van der Waals surface area contributed by atoms with Crippen molar-refractivity contribution < 1.29 is 0 Å². The van der Waals surface area contributed by atoms with Crippen LogP contribution in [0, 0.1) is 0 Å². The largest absolute Gasteiger partial charge is 0.272 e. The Balaban J connectivity index is 1.12. The van der Waals surface area contributed by atoms with Gasteiger partial charge in [0.15, 0.2) is 0 Å². The number of aliphatic imine (C=N–C) groups is 1. The van der Waals surface area contributed by atoms with E-state index in [1.165, 1.54) is 55.6 Å². The maximum absolute atomic E-state index is 4.24. The van der Waals surface area contributed by atoms with Crippen LogP contribution in [-0.2, 0) is 0 Å². The van der Waals surface area contributed by atoms with Crippen molar-refractivity contribution in [3.8, 4) is 77.9 Å². The zero-order chi connectivity index (χ0) is 37.4. The summed E-state index contributed by atoms with van der Waals surface area (Å²) in [5.74, 6) is 0. The summed E-state index contributed by atoms with van der Waals surface area (Å²) in [6.07, 6.45) is 9.52. The van der Waals surface area contributed by atoms with E-state index in [4.69, 9.17) is 0 Å². The standard InChI is InChI=1S/C53H40N2/c1-3-38(24-27-54-2)48-32-52(43-25-28-55-29-26-43)37-53(33-48)47-19-11-18-46(31-47)45-17-10-16-44(30-45)41-20-22-42(23-21-41)51-35-49(39-12-6-4-7-13-39)34-50(36-51)40-14-8-5-9-15-40/h3-37H,2H2,1H3/b27-24-,38-3+. The third-order valence-electron chi connectivity index (χ3n) is 10.0. The van der Waals surface area contributed by atoms with E-state index in [0.717, 1.165) is 33.4 Å². The van der Waals surface area contributed by atoms with Gasteiger partial charge in [0.1, 0.15) is 0 Å². The van der Waals surface area contributed by atoms with Crippen molar-refractivity contribution in [3.63, 3.8) is 0 Å². The number of allylic oxidation sites excluding steroid dienone is 3. The van der Waals surface area contributed by atoms with Gasteiger partial charge < -0.3 is 0 Å². The third kappa shape index (κ3) is 7.95. The van der Waals surface area contributed by atoms with Crippen molar-refractivity contribution >= 4 is 12.3 Å². The molecular weight excluding hydrogens is 665 g/mol. The van der Waals surface area contributed by atoms with Crippen molar-refractivity contribution in [2.45, 2.75) is 6.92 Å². The fraction of sp³-hybridized carbons (Fsp3) is 0.0189. The average Bonchev–Trinajstić information content (AvgIpc) is 3.27. The van der Waals surface area contributed by atoms with Gasteiger partial charge in [-0.3, -0.25) is 9.98 Å². The molecule has 2 heteroatoms. The van der Waals surface area contributed by atoms with E-state index >= 15 is 0 Å². The molecule has 1 heterocycles. The molecule has 0 atom stereocenters. The van der Waals surface area contributed by atoms with Crippen molar-refractivity contribution in [1.29, 1.82) is 0 Å². The van der Waals surface area contributed by atoms with Crippen LogP contribution in [0.5, 0.6) is 0 Å². The molecule has 0 saturated carbocycles. The number of pyridine rings is 1. The zero-order valence-electron chi connectivity index (χ0n) is 30.8. The smallest absolute Gasteiger partial charge is 0.0273 e. The highest BCUT2D eigenvalue weighted by Gasteiger charge is 2.11. The summed E-state index contributed by atoms with van der Waals surface area (Å²) in [4.78, 5) is 8.19. The van der Waals surface area contributed by atoms with E-state index in [9.17, 15) is 0 Å². The van der Waals surface area contributed by atoms with Crippen LogP contribution in [0.4, 0.5) is 0 Å². The highest BCUT2D eigenvalue weighted by atomic mass is 14.6. The maximum atomic E-state index is 4.24. The van der Waals surface area contributed by atoms with Gasteiger partial charge in [0.05, 0.1) is 0 Å². The lowest BCUT2D eigenvalue weighted by atomic mass is 9.91. The molecule has 8 rings (SSSR count). The van der Waals surface area contributed by atoms with Gasteiger partial charge in [-0.2, -0.15) is 0 Å². The molecule has 55 heavy (non-hydrogen) atoms. The Labute approximate surface area is 324 Å². The lowest BCUT2D eigenvalue weighted by molar-refractivity contribution is 1.33. The van der Waals surface area contributed by atoms with Gasteiger partial charge in [-0.25, -0.2) is 0 Å². The molecule has 7 aromatic carbocycles. The minimum atomic E-state index is 1.08. The van der Waals surface area contributed by atoms with Crippen LogP contribution in [0.2, 0.25) is 0 Å². The van der Waals surface area contributed by atoms with Crippen LogP contribution in [-0.4, -0.2) is 11.7 Å². The fourth-order valence-corrected chi connectivity index (χ4v) is 7.16. The molecule has 0 fully saturated rings. The second-order valence-corrected chi connectivity index (χ2v) is 13.5. The number of hydrogen-bond donors (Lipinski definition) is 0. The molecule has 0 bridgehead atoms. The van der Waals surface area contributed by atoms with Crippen LogP contribution < -0.4 is 0 Å². The number of aromatic nitrogens is 1. The molecule has 0 spiro atoms. The highest BCUT2D eigenvalue weighted by Crippen LogP contribution is 2.36. The Bertz CT molecular complexity index is 2580. The van der Waals surface area contributed by atoms with Crippen molar-refractivity contribution in [2.24, 2.45) is 4.99 Å². The summed E-state index contributed by atoms with van der Waals surface area (Å²) >= 11 is 0. The fourth-order valence-electron chi connectivity index (χ4n) is 7.16. The minimum Gasteiger partial charge on any atom is -0.272 e. The summed E-state index contributed by atoms with van der Waals surface area (Å²) in [6, 6.07) is 65.6. The lowest BCUT2D eigenvalue weighted by Gasteiger charge is -2.13. The lowest BCUT2D eigenvalue weighted by Crippen LogP contribution is -1.89. The van der Waals surface area contributed by atoms with Crippen molar-refractivity contribution in [2.75, 3.05) is 0 Å². The molecule has 0 aliphatic heterocycles. The van der Waals surface area contributed by atoms with E-state index in [1.807, 2.05) is 25.4 Å². The highest BCUT2D eigenvalue weighted by molar-refractivity contribution is 5.86. The Kier molecular flexibility index (Phi) is 10.3. The summed E-state index contributed by atoms with van der Waals surface area (Å²) in [7, 11) is 0. The Morgan fingerprint density at radius 3 is 1.22 bits per heavy atom. The zero-order valence-corrected chi connectivity index (χ0v) is 30.8. The van der Waals surface area contributed by atoms with Crippen LogP contribution in [0.3, 0.4) is 0 Å². The predicted molar refractivity (Wildman–Crippen MR) is 235 cm³/mol. The topological polar surface area (TPSA) is 25.2 Å². The maximum Gasteiger partial charge on any atom is 0.0273 e. The summed E-state index contributed by atoms with van der Waals surface area (Å²) in [5.41, 5.74) is 18.7. The number of rotatable bonds is 10. The SMILES string of the molecule is C=N/C=C\C(=C/C)c1cc(-c2ccncc2)cc(-c2cccc(-c3cccc(-c4ccc(-c5cc(-c6ccccc6)cc(-c6ccccc6)c5)cc4)c3)c2)c1. The third-order valence-corrected chi connectivity index (χ3v) is 10.0. The molecule has 0 N–H and O–H groups in total. The molecule has 2 nitrogen and oxygen atoms in total. The van der Waals surface area contributed by atoms with E-state index in [2.05, 4.69) is 205 Å². The van der Waals surface area contributed by atoms with Crippen molar-refractivity contribution in [1.82, 2.24) is 4.98 Å². The Hall–Kier alpha value is -7.16. The van der Waals surface area contributed by atoms with Crippen LogP contribution in [0.25, 0.3) is 83.5 Å². The van der Waals surface area contributed by atoms with Gasteiger partial charge in [-0.15, -0.1) is 0 Å². The molecule has 8 aromatic rings. The van der Waals surface area contributed by atoms with Gasteiger partial charge in [-0.1, -0.05) is 127 Å². The van der Waals surface area contributed by atoms with E-state index in [-0.39, 0.29) is 0 Å². The molecule has 0 unspecified atom stereocenters. The van der Waals surface area contributed by atoms with Gasteiger partial charge in [0.2, 0.25) is 0 Å². The van der Waals surface area contributed by atoms with Gasteiger partial charge in [0, 0.05) is 18.6 Å². The first kappa shape index (κ1) is 34.9. The Morgan fingerprint density at radius 2 is 0.745 bits per heavy atom. The van der Waals surface area contributed by atoms with Crippen LogP contribution in [0.15, 0.2) is 218 Å². The van der Waals surface area contributed by atoms with Crippen LogP contribution in [0.1, 0.15) is 12.5 Å². The summed E-state index contributed by atoms with van der Waals surface area (Å²) in [5, 5.41) is 0. The number of benzene rings is 7. The first-order valence-corrected chi connectivity index (χ1v) is 18.6. The van der Waals surface area contributed by atoms with Gasteiger partial charge >= 0.3 is 0 Å². The predicted octanol–water partition coefficient (Wildman–Crippen LogP) is 14.4. The first-order valence-electron chi connectivity index (χ1n) is 18.6. The molecule has 1 aromatic heterocycles. The van der Waals surface area contributed by atoms with E-state index in [1.54, 1.807) is 6.20 Å². The van der Waals surface area contributed by atoms with Crippen LogP contribution >= 0.6 is 0 Å². The molecule has 0 aliphatic carbocycles. The Morgan fingerprint density at radius 1 is 0.400 bits per heavy atom. The van der Waals surface area contributed by atoms with Gasteiger partial charge in [-0.05, 0) is 169 Å². The molecule has 0 aliphatic rings. The van der Waals surface area contributed by atoms with E-state index < -0.39 is 0 Å². The second-order valence-electron chi connectivity index (χ2n) is 13.5. The van der Waals surface area contributed by atoms with Gasteiger partial charge in [0.25, 0.3) is 0 Å². The number of nitrogens with zero attached hydrogens (tertiary/aromatic N) is 2. The van der Waals surface area contributed by atoms with E-state index in [0.29, 0.717) is 0 Å². The van der Waals surface area contributed by atoms with Crippen molar-refractivity contribution in [3.05, 3.63) is 218 Å². The first-order chi connectivity index (χ1) is 27.1. The quantitative estimate of drug-likeness (QED) is 0.103. The number of hydrogen-bond acceptors (Lipinski definition) is 2. The normalized spacial score (nSPS) is 11.5. The molecule has 0 radical (unpaired) electrons. The summed E-state index contributed by atoms with van der Waals surface area (Å²) < 4.78 is 0. The second kappa shape index (κ2) is 16.2. The minimum absolute atomic E-state index is 1.08. The average molecular weight is 705 g/mol. The molecule has 0 saturated heterocycles. The summed E-state index contributed by atoms with van der Waals surface area (Å²) in [6.45, 7) is 5.67. The molecule has 262 valence electrons. The molecule has 0 amide bonds. The molecular formula is C53H40N2.